The highest BCUT2D eigenvalue weighted by Gasteiger charge is 2.32. The fraction of sp³-hybridized carbons (Fsp3) is 0.722. The number of carbonyl (C=O) groups excluding carboxylic acids is 5. The lowest BCUT2D eigenvalue weighted by Gasteiger charge is -2.31. The molecule has 0 aromatic heterocycles. The van der Waals surface area contributed by atoms with Gasteiger partial charge in [0.25, 0.3) is 11.8 Å². The smallest absolute Gasteiger partial charge is 0.333 e. The zero-order chi connectivity index (χ0) is 21.4. The molecule has 0 aliphatic carbocycles. The van der Waals surface area contributed by atoms with Gasteiger partial charge in [0.2, 0.25) is 11.8 Å². The van der Waals surface area contributed by atoms with Gasteiger partial charge < -0.3 is 20.0 Å². The van der Waals surface area contributed by atoms with E-state index in [-0.39, 0.29) is 37.5 Å². The van der Waals surface area contributed by atoms with Crippen molar-refractivity contribution in [3.05, 3.63) is 0 Å². The third kappa shape index (κ3) is 7.42. The van der Waals surface area contributed by atoms with Crippen LogP contribution in [0.3, 0.4) is 0 Å². The van der Waals surface area contributed by atoms with E-state index in [9.17, 15) is 24.0 Å². The highest BCUT2D eigenvalue weighted by atomic mass is 16.8. The number of piperazine rings is 1. The molecule has 0 radical (unpaired) electrons. The molecule has 2 fully saturated rings. The summed E-state index contributed by atoms with van der Waals surface area (Å²) in [5, 5.41) is 3.25. The predicted molar refractivity (Wildman–Crippen MR) is 101 cm³/mol. The number of rotatable bonds is 9. The maximum absolute atomic E-state index is 12.1. The SMILES string of the molecule is CN1CCN(CC(=O)N[13CH2][13CH2][15N]([13CH3])[13C](=O)[13CH2][13CH2][13C](=O)ON2C(=O)CCC2=O)CC1. The molecule has 4 amide bonds. The van der Waals surface area contributed by atoms with Crippen LogP contribution in [-0.2, 0) is 28.8 Å². The van der Waals surface area contributed by atoms with Crippen molar-refractivity contribution in [3.63, 3.8) is 0 Å². The number of likely N-dealkylation sites (N-methyl/N-ethyl adjacent to an activating group) is 2. The Balaban J connectivity index is 1.58. The molecule has 0 aromatic rings. The number of nitrogens with zero attached hydrogens (tertiary/aromatic N) is 4. The monoisotopic (exact) mass is 419 g/mol. The summed E-state index contributed by atoms with van der Waals surface area (Å²) in [4.78, 5) is 69.0. The van der Waals surface area contributed by atoms with Gasteiger partial charge in [-0.05, 0) is 7.05 Å². The predicted octanol–water partition coefficient (Wildman–Crippen LogP) is -1.80. The molecule has 0 aromatic carbocycles. The van der Waals surface area contributed by atoms with E-state index in [1.807, 2.05) is 0 Å². The van der Waals surface area contributed by atoms with Crippen molar-refractivity contribution in [1.29, 1.82) is 0 Å². The first-order valence-corrected chi connectivity index (χ1v) is 9.74. The largest absolute Gasteiger partial charge is 0.353 e. The highest BCUT2D eigenvalue weighted by molar-refractivity contribution is 6.01. The summed E-state index contributed by atoms with van der Waals surface area (Å²) < 4.78 is 0. The van der Waals surface area contributed by atoms with Crippen molar-refractivity contribution < 1.29 is 28.8 Å². The molecule has 162 valence electrons. The zero-order valence-corrected chi connectivity index (χ0v) is 17.0. The Labute approximate surface area is 169 Å². The van der Waals surface area contributed by atoms with Gasteiger partial charge in [-0.3, -0.25) is 24.1 Å². The number of hydroxylamine groups is 2. The summed E-state index contributed by atoms with van der Waals surface area (Å²) in [6, 6.07) is 0. The van der Waals surface area contributed by atoms with Crippen LogP contribution in [-0.4, -0.2) is 109 Å². The van der Waals surface area contributed by atoms with Crippen LogP contribution in [0.4, 0.5) is 0 Å². The van der Waals surface area contributed by atoms with Gasteiger partial charge in [-0.15, -0.1) is 5.06 Å². The zero-order valence-electron chi connectivity index (χ0n) is 17.0. The minimum Gasteiger partial charge on any atom is -0.353 e. The van der Waals surface area contributed by atoms with E-state index >= 15 is 0 Å². The molecule has 1 N–H and O–H groups in total. The molecule has 2 aliphatic rings. The van der Waals surface area contributed by atoms with E-state index in [1.165, 1.54) is 4.90 Å². The first-order valence-electron chi connectivity index (χ1n) is 9.74. The van der Waals surface area contributed by atoms with Gasteiger partial charge >= 0.3 is 5.97 Å². The Hall–Kier alpha value is -2.53. The fourth-order valence-corrected chi connectivity index (χ4v) is 2.96. The van der Waals surface area contributed by atoms with E-state index in [0.717, 1.165) is 26.2 Å². The topological polar surface area (TPSA) is 120 Å². The number of carbonyl (C=O) groups is 5. The average Bonchev–Trinajstić information content (AvgIpc) is 2.99. The maximum atomic E-state index is 12.1. The van der Waals surface area contributed by atoms with Crippen LogP contribution >= 0.6 is 0 Å². The first kappa shape index (κ1) is 22.8. The molecular formula is C18H29N5O6. The molecule has 2 saturated heterocycles. The van der Waals surface area contributed by atoms with E-state index < -0.39 is 17.8 Å². The summed E-state index contributed by atoms with van der Waals surface area (Å²) in [6.45, 7) is 4.55. The van der Waals surface area contributed by atoms with Crippen molar-refractivity contribution in [1.82, 2.24) is 25.1 Å². The summed E-state index contributed by atoms with van der Waals surface area (Å²) in [5.74, 6) is -2.30. The van der Waals surface area contributed by atoms with Crippen LogP contribution < -0.4 is 5.32 Å². The summed E-state index contributed by atoms with van der Waals surface area (Å²) in [5.41, 5.74) is 0. The molecule has 2 aliphatic heterocycles. The third-order valence-corrected chi connectivity index (χ3v) is 4.90. The maximum Gasteiger partial charge on any atom is 0.333 e. The first-order chi connectivity index (χ1) is 13.8. The molecular weight excluding hydrogens is 390 g/mol. The Morgan fingerprint density at radius 2 is 1.66 bits per heavy atom. The van der Waals surface area contributed by atoms with Gasteiger partial charge in [0, 0.05) is 65.6 Å². The fourth-order valence-electron chi connectivity index (χ4n) is 2.96. The summed E-state index contributed by atoms with van der Waals surface area (Å²) in [7, 11) is 3.63. The minimum atomic E-state index is -0.809. The third-order valence-electron chi connectivity index (χ3n) is 4.90. The quantitative estimate of drug-likeness (QED) is 0.264. The van der Waals surface area contributed by atoms with Gasteiger partial charge in [-0.2, -0.15) is 0 Å². The molecule has 2 heterocycles. The van der Waals surface area contributed by atoms with Crippen LogP contribution in [0.15, 0.2) is 0 Å². The standard InChI is InChI=1S/C18H29N5O6/c1-20-9-11-22(12-10-20)13-14(24)19-7-8-21(2)15(25)5-6-18(28)29-23-16(26)3-4-17(23)27/h3-13H2,1-2H3,(H,19,24)/i2+1,5+1,6+1,7+1,8+1,15+1,18+1,21+1. The van der Waals surface area contributed by atoms with Gasteiger partial charge in [0.05, 0.1) is 13.0 Å². The molecule has 0 atom stereocenters. The van der Waals surface area contributed by atoms with Crippen molar-refractivity contribution in [2.75, 3.05) is 59.9 Å². The molecule has 2 rings (SSSR count). The van der Waals surface area contributed by atoms with Crippen molar-refractivity contribution >= 4 is 29.6 Å². The molecule has 0 saturated carbocycles. The molecule has 0 bridgehead atoms. The Bertz CT molecular complexity index is 631. The van der Waals surface area contributed by atoms with E-state index in [2.05, 4.69) is 22.2 Å². The van der Waals surface area contributed by atoms with Crippen LogP contribution in [0.5, 0.6) is 0 Å². The lowest BCUT2D eigenvalue weighted by atomic mass is 10.3. The molecule has 0 unspecified atom stereocenters. The summed E-state index contributed by atoms with van der Waals surface area (Å²) in [6.07, 6.45) is -0.306. The van der Waals surface area contributed by atoms with Crippen LogP contribution in [0.1, 0.15) is 25.7 Å². The Kier molecular flexibility index (Phi) is 8.52. The van der Waals surface area contributed by atoms with Crippen molar-refractivity contribution in [3.8, 4) is 0 Å². The molecule has 11 nitrogen and oxygen atoms in total. The number of imide groups is 1. The van der Waals surface area contributed by atoms with Crippen molar-refractivity contribution in [2.24, 2.45) is 0 Å². The average molecular weight is 419 g/mol. The van der Waals surface area contributed by atoms with E-state index in [1.54, 1.807) is 7.05 Å². The number of hydrogen-bond acceptors (Lipinski definition) is 8. The lowest BCUT2D eigenvalue weighted by molar-refractivity contribution is -0.197. The van der Waals surface area contributed by atoms with E-state index in [4.69, 9.17) is 4.84 Å². The minimum absolute atomic E-state index is 0.0221. The van der Waals surface area contributed by atoms with Crippen LogP contribution in [0, 0.1) is 0 Å². The van der Waals surface area contributed by atoms with Gasteiger partial charge in [0.1, 0.15) is 0 Å². The highest BCUT2D eigenvalue weighted by Crippen LogP contribution is 2.13. The molecule has 0 spiro atoms. The number of hydrogen-bond donors (Lipinski definition) is 1. The van der Waals surface area contributed by atoms with Gasteiger partial charge in [0.15, 0.2) is 0 Å². The summed E-state index contributed by atoms with van der Waals surface area (Å²) >= 11 is 0. The normalized spacial score (nSPS) is 18.1. The number of nitrogens with one attached hydrogen (secondary N) is 1. The second-order valence-electron chi connectivity index (χ2n) is 7.29. The van der Waals surface area contributed by atoms with Crippen LogP contribution in [0.2, 0.25) is 0 Å². The Morgan fingerprint density at radius 1 is 1.03 bits per heavy atom. The van der Waals surface area contributed by atoms with Gasteiger partial charge in [-0.25, -0.2) is 4.79 Å². The number of amides is 4. The second kappa shape index (κ2) is 10.9. The van der Waals surface area contributed by atoms with E-state index in [0.29, 0.717) is 24.7 Å². The van der Waals surface area contributed by atoms with Gasteiger partial charge in [-0.1, -0.05) is 0 Å². The second-order valence-corrected chi connectivity index (χ2v) is 7.29. The van der Waals surface area contributed by atoms with Crippen molar-refractivity contribution in [2.45, 2.75) is 25.7 Å². The molecule has 11 heteroatoms. The lowest BCUT2D eigenvalue weighted by Crippen LogP contribution is -2.48. The van der Waals surface area contributed by atoms with Crippen LogP contribution in [0.25, 0.3) is 0 Å². The molecule has 29 heavy (non-hydrogen) atoms. The Morgan fingerprint density at radius 3 is 2.28 bits per heavy atom.